The lowest BCUT2D eigenvalue weighted by Gasteiger charge is -2.21. The summed E-state index contributed by atoms with van der Waals surface area (Å²) in [6.45, 7) is 2.49. The zero-order valence-electron chi connectivity index (χ0n) is 12.0. The third-order valence-electron chi connectivity index (χ3n) is 2.99. The van der Waals surface area contributed by atoms with E-state index in [9.17, 15) is 4.79 Å². The van der Waals surface area contributed by atoms with E-state index in [4.69, 9.17) is 11.6 Å². The minimum atomic E-state index is -0.146. The van der Waals surface area contributed by atoms with Gasteiger partial charge in [-0.2, -0.15) is 0 Å². The zero-order chi connectivity index (χ0) is 15.2. The van der Waals surface area contributed by atoms with Gasteiger partial charge in [0.15, 0.2) is 0 Å². The van der Waals surface area contributed by atoms with Gasteiger partial charge in [-0.25, -0.2) is 0 Å². The number of carbonyl (C=O) groups is 1. The van der Waals surface area contributed by atoms with Crippen LogP contribution >= 0.6 is 23.4 Å². The minimum absolute atomic E-state index is 0.0961. The number of rotatable bonds is 5. The number of pyridine rings is 1. The van der Waals surface area contributed by atoms with Gasteiger partial charge in [-0.05, 0) is 42.8 Å². The molecule has 3 nitrogen and oxygen atoms in total. The molecular formula is C16H17ClN2OS. The Morgan fingerprint density at radius 3 is 2.67 bits per heavy atom. The molecule has 1 aromatic heterocycles. The van der Waals surface area contributed by atoms with Crippen LogP contribution in [0.15, 0.2) is 53.7 Å². The number of halogens is 1. The van der Waals surface area contributed by atoms with Crippen LogP contribution < -0.4 is 0 Å². The standard InChI is InChI=1S/C16H17ClN2OS/c1-12(21-15-7-5-14(17)6-8-15)16(20)19(2)11-13-4-3-9-18-10-13/h3-10,12H,11H2,1-2H3. The number of hydrogen-bond acceptors (Lipinski definition) is 3. The van der Waals surface area contributed by atoms with Gasteiger partial charge in [-0.3, -0.25) is 9.78 Å². The maximum Gasteiger partial charge on any atom is 0.235 e. The van der Waals surface area contributed by atoms with Crippen LogP contribution in [0.5, 0.6) is 0 Å². The largest absolute Gasteiger partial charge is 0.340 e. The van der Waals surface area contributed by atoms with Crippen LogP contribution in [0, 0.1) is 0 Å². The topological polar surface area (TPSA) is 33.2 Å². The van der Waals surface area contributed by atoms with Crippen molar-refractivity contribution in [1.82, 2.24) is 9.88 Å². The number of benzene rings is 1. The average molecular weight is 321 g/mol. The van der Waals surface area contributed by atoms with Crippen molar-refractivity contribution in [3.8, 4) is 0 Å². The highest BCUT2D eigenvalue weighted by Crippen LogP contribution is 2.25. The molecule has 0 fully saturated rings. The second-order valence-electron chi connectivity index (χ2n) is 4.77. The number of carbonyl (C=O) groups excluding carboxylic acids is 1. The molecule has 1 aromatic carbocycles. The van der Waals surface area contributed by atoms with Gasteiger partial charge in [0, 0.05) is 35.9 Å². The minimum Gasteiger partial charge on any atom is -0.340 e. The molecule has 21 heavy (non-hydrogen) atoms. The van der Waals surface area contributed by atoms with Crippen LogP contribution in [-0.2, 0) is 11.3 Å². The molecule has 2 aromatic rings. The lowest BCUT2D eigenvalue weighted by molar-refractivity contribution is -0.129. The van der Waals surface area contributed by atoms with Gasteiger partial charge in [0.25, 0.3) is 0 Å². The molecule has 0 saturated heterocycles. The summed E-state index contributed by atoms with van der Waals surface area (Å²) in [5, 5.41) is 0.555. The highest BCUT2D eigenvalue weighted by atomic mass is 35.5. The number of amides is 1. The van der Waals surface area contributed by atoms with E-state index in [-0.39, 0.29) is 11.2 Å². The molecule has 110 valence electrons. The van der Waals surface area contributed by atoms with Gasteiger partial charge >= 0.3 is 0 Å². The van der Waals surface area contributed by atoms with Crippen LogP contribution in [0.3, 0.4) is 0 Å². The Morgan fingerprint density at radius 1 is 1.33 bits per heavy atom. The molecule has 0 N–H and O–H groups in total. The Balaban J connectivity index is 1.93. The second-order valence-corrected chi connectivity index (χ2v) is 6.62. The lowest BCUT2D eigenvalue weighted by Crippen LogP contribution is -2.32. The first-order chi connectivity index (χ1) is 10.1. The molecule has 1 atom stereocenters. The molecule has 0 aliphatic carbocycles. The van der Waals surface area contributed by atoms with E-state index < -0.39 is 0 Å². The highest BCUT2D eigenvalue weighted by Gasteiger charge is 2.18. The molecule has 0 bridgehead atoms. The Hall–Kier alpha value is -1.52. The Bertz CT molecular complexity index is 589. The first kappa shape index (κ1) is 15.9. The summed E-state index contributed by atoms with van der Waals surface area (Å²) in [5.41, 5.74) is 1.03. The molecule has 1 heterocycles. The molecule has 0 aliphatic heterocycles. The third kappa shape index (κ3) is 4.76. The maximum atomic E-state index is 12.4. The Labute approximate surface area is 134 Å². The van der Waals surface area contributed by atoms with Crippen LogP contribution in [0.1, 0.15) is 12.5 Å². The number of hydrogen-bond donors (Lipinski definition) is 0. The zero-order valence-corrected chi connectivity index (χ0v) is 13.6. The monoisotopic (exact) mass is 320 g/mol. The predicted molar refractivity (Wildman–Crippen MR) is 87.5 cm³/mol. The summed E-state index contributed by atoms with van der Waals surface area (Å²) in [5.74, 6) is 0.0961. The van der Waals surface area contributed by atoms with Crippen molar-refractivity contribution in [2.75, 3.05) is 7.05 Å². The van der Waals surface area contributed by atoms with Gasteiger partial charge in [0.2, 0.25) is 5.91 Å². The van der Waals surface area contributed by atoms with Gasteiger partial charge in [-0.1, -0.05) is 17.7 Å². The molecule has 1 unspecified atom stereocenters. The SMILES string of the molecule is CC(Sc1ccc(Cl)cc1)C(=O)N(C)Cc1cccnc1. The Morgan fingerprint density at radius 2 is 2.05 bits per heavy atom. The van der Waals surface area contributed by atoms with Crippen molar-refractivity contribution in [1.29, 1.82) is 0 Å². The fraction of sp³-hybridized carbons (Fsp3) is 0.250. The van der Waals surface area contributed by atoms with E-state index in [0.717, 1.165) is 10.5 Å². The van der Waals surface area contributed by atoms with Gasteiger partial charge in [0.1, 0.15) is 0 Å². The van der Waals surface area contributed by atoms with E-state index in [1.54, 1.807) is 17.3 Å². The van der Waals surface area contributed by atoms with Crippen molar-refractivity contribution in [3.05, 3.63) is 59.4 Å². The second kappa shape index (κ2) is 7.48. The summed E-state index contributed by atoms with van der Waals surface area (Å²) >= 11 is 7.39. The Kier molecular flexibility index (Phi) is 5.65. The van der Waals surface area contributed by atoms with Crippen molar-refractivity contribution in [3.63, 3.8) is 0 Å². The fourth-order valence-electron chi connectivity index (χ4n) is 1.92. The maximum absolute atomic E-state index is 12.4. The van der Waals surface area contributed by atoms with E-state index in [1.165, 1.54) is 11.8 Å². The molecular weight excluding hydrogens is 304 g/mol. The quantitative estimate of drug-likeness (QED) is 0.784. The lowest BCUT2D eigenvalue weighted by atomic mass is 10.2. The van der Waals surface area contributed by atoms with E-state index >= 15 is 0 Å². The van der Waals surface area contributed by atoms with E-state index in [2.05, 4.69) is 4.98 Å². The van der Waals surface area contributed by atoms with Gasteiger partial charge < -0.3 is 4.90 Å². The first-order valence-corrected chi connectivity index (χ1v) is 7.88. The molecule has 2 rings (SSSR count). The van der Waals surface area contributed by atoms with E-state index in [0.29, 0.717) is 11.6 Å². The van der Waals surface area contributed by atoms with Crippen molar-refractivity contribution < 1.29 is 4.79 Å². The first-order valence-electron chi connectivity index (χ1n) is 6.62. The summed E-state index contributed by atoms with van der Waals surface area (Å²) in [7, 11) is 1.81. The van der Waals surface area contributed by atoms with Crippen molar-refractivity contribution >= 4 is 29.3 Å². The van der Waals surface area contributed by atoms with Crippen LogP contribution in [0.2, 0.25) is 5.02 Å². The number of aromatic nitrogens is 1. The van der Waals surface area contributed by atoms with E-state index in [1.807, 2.05) is 50.4 Å². The summed E-state index contributed by atoms with van der Waals surface area (Å²) in [4.78, 5) is 19.2. The van der Waals surface area contributed by atoms with Crippen LogP contribution in [0.25, 0.3) is 0 Å². The summed E-state index contributed by atoms with van der Waals surface area (Å²) < 4.78 is 0. The van der Waals surface area contributed by atoms with Crippen LogP contribution in [-0.4, -0.2) is 28.1 Å². The molecule has 0 aliphatic rings. The highest BCUT2D eigenvalue weighted by molar-refractivity contribution is 8.00. The molecule has 0 radical (unpaired) electrons. The molecule has 1 amide bonds. The smallest absolute Gasteiger partial charge is 0.235 e. The molecule has 5 heteroatoms. The van der Waals surface area contributed by atoms with Crippen LogP contribution in [0.4, 0.5) is 0 Å². The molecule has 0 spiro atoms. The van der Waals surface area contributed by atoms with Crippen molar-refractivity contribution in [2.24, 2.45) is 0 Å². The van der Waals surface area contributed by atoms with Crippen molar-refractivity contribution in [2.45, 2.75) is 23.6 Å². The van der Waals surface area contributed by atoms with Gasteiger partial charge in [-0.15, -0.1) is 11.8 Å². The summed E-state index contributed by atoms with van der Waals surface area (Å²) in [6.07, 6.45) is 3.51. The predicted octanol–water partition coefficient (Wildman–Crippen LogP) is 3.87. The molecule has 0 saturated carbocycles. The summed E-state index contributed by atoms with van der Waals surface area (Å²) in [6, 6.07) is 11.4. The fourth-order valence-corrected chi connectivity index (χ4v) is 3.03. The number of thioether (sulfide) groups is 1. The third-order valence-corrected chi connectivity index (χ3v) is 4.34. The van der Waals surface area contributed by atoms with Gasteiger partial charge in [0.05, 0.1) is 5.25 Å². The number of nitrogens with zero attached hydrogens (tertiary/aromatic N) is 2. The normalized spacial score (nSPS) is 12.0. The average Bonchev–Trinajstić information content (AvgIpc) is 2.49.